The summed E-state index contributed by atoms with van der Waals surface area (Å²) in [6.07, 6.45) is 36.2. The van der Waals surface area contributed by atoms with Gasteiger partial charge in [0.15, 0.2) is 0 Å². The number of benzene rings is 2. The van der Waals surface area contributed by atoms with E-state index in [-0.39, 0.29) is 62.7 Å². The number of hydrogen-bond donors (Lipinski definition) is 0. The molecule has 6 aliphatic rings. The molecule has 0 aromatic heterocycles. The average Bonchev–Trinajstić information content (AvgIpc) is 3.69. The number of allylic oxidation sites excluding steroid dienone is 16. The minimum absolute atomic E-state index is 0. The summed E-state index contributed by atoms with van der Waals surface area (Å²) in [5.41, 5.74) is 3.78. The van der Waals surface area contributed by atoms with E-state index in [0.29, 0.717) is 9.54 Å². The van der Waals surface area contributed by atoms with Crippen LogP contribution in [0, 0.1) is 51.0 Å². The van der Waals surface area contributed by atoms with E-state index < -0.39 is 21.3 Å². The van der Waals surface area contributed by atoms with Crippen LogP contribution < -0.4 is 24.8 Å². The molecule has 52 heavy (non-hydrogen) atoms. The van der Waals surface area contributed by atoms with Gasteiger partial charge in [0, 0.05) is 0 Å². The van der Waals surface area contributed by atoms with Gasteiger partial charge in [-0.25, -0.2) is 0 Å². The van der Waals surface area contributed by atoms with Crippen LogP contribution in [0.15, 0.2) is 142 Å². The predicted octanol–water partition coefficient (Wildman–Crippen LogP) is 7.18. The van der Waals surface area contributed by atoms with E-state index >= 15 is 0 Å². The average molecular weight is 1030 g/mol. The Bertz CT molecular complexity index is 2030. The molecule has 0 spiro atoms. The summed E-state index contributed by atoms with van der Waals surface area (Å²) in [5, 5.41) is 0. The first-order chi connectivity index (χ1) is 23.7. The normalized spacial score (nSPS) is 39.9. The second kappa shape index (κ2) is 13.7. The van der Waals surface area contributed by atoms with Crippen molar-refractivity contribution >= 4 is 48.4 Å². The smallest absolute Gasteiger partial charge is 1.00 e. The maximum absolute atomic E-state index is 2.94. The second-order valence-corrected chi connectivity index (χ2v) is 26.0. The van der Waals surface area contributed by atoms with Crippen molar-refractivity contribution in [3.8, 4) is 0 Å². The molecule has 6 aliphatic carbocycles. The van der Waals surface area contributed by atoms with Crippen LogP contribution in [0.4, 0.5) is 0 Å². The van der Waals surface area contributed by atoms with E-state index in [2.05, 4.69) is 234 Å². The van der Waals surface area contributed by atoms with Gasteiger partial charge in [-0.1, -0.05) is 0 Å². The molecule has 2 saturated carbocycles. The molecule has 8 rings (SSSR count). The van der Waals surface area contributed by atoms with Crippen molar-refractivity contribution in [1.29, 1.82) is 0 Å². The summed E-state index contributed by atoms with van der Waals surface area (Å²) in [5.74, 6) is 0.417. The van der Waals surface area contributed by atoms with Crippen molar-refractivity contribution in [2.45, 2.75) is 65.4 Å². The number of halogens is 4. The second-order valence-electron chi connectivity index (χ2n) is 17.1. The van der Waals surface area contributed by atoms with Crippen LogP contribution in [-0.4, -0.2) is 3.21 Å². The SMILES string of the molecule is CC1=CC=CC2[CH]([Zr+2]([C]3=CC=CC3)=[C](c3ccc(I)cc3)c3ccc(I)cc3)C3(C)C4(C)C=CC=CC4(C)C4(C)C=CC=CC4(C)C3(C)C12C.[Cl-].[Cl-]. The molecule has 2 aromatic rings. The zero-order valence-corrected chi connectivity index (χ0v) is 39.9. The number of rotatable bonds is 4. The fourth-order valence-electron chi connectivity index (χ4n) is 13.1. The van der Waals surface area contributed by atoms with Crippen LogP contribution >= 0.6 is 45.2 Å². The van der Waals surface area contributed by atoms with E-state index in [0.717, 1.165) is 6.42 Å². The molecule has 0 saturated heterocycles. The van der Waals surface area contributed by atoms with Crippen molar-refractivity contribution in [3.63, 3.8) is 0 Å². The van der Waals surface area contributed by atoms with Gasteiger partial charge in [-0.05, 0) is 0 Å². The van der Waals surface area contributed by atoms with Gasteiger partial charge in [0.1, 0.15) is 0 Å². The van der Waals surface area contributed by atoms with Crippen LogP contribution in [0.3, 0.4) is 0 Å². The predicted molar refractivity (Wildman–Crippen MR) is 227 cm³/mol. The molecule has 0 aliphatic heterocycles. The molecule has 9 atom stereocenters. The summed E-state index contributed by atoms with van der Waals surface area (Å²) in [6.45, 7) is 21.4. The Labute approximate surface area is 360 Å². The molecule has 2 aromatic carbocycles. The monoisotopic (exact) mass is 1030 g/mol. The van der Waals surface area contributed by atoms with Crippen LogP contribution in [0.1, 0.15) is 72.9 Å². The summed E-state index contributed by atoms with van der Waals surface area (Å²) in [6, 6.07) is 19.1. The van der Waals surface area contributed by atoms with Crippen LogP contribution in [0.2, 0.25) is 3.63 Å². The van der Waals surface area contributed by atoms with Gasteiger partial charge < -0.3 is 24.8 Å². The van der Waals surface area contributed by atoms with Crippen molar-refractivity contribution in [3.05, 3.63) is 161 Å². The molecule has 0 amide bonds. The van der Waals surface area contributed by atoms with Gasteiger partial charge in [0.05, 0.1) is 0 Å². The van der Waals surface area contributed by atoms with E-state index in [4.69, 9.17) is 0 Å². The van der Waals surface area contributed by atoms with Crippen LogP contribution in [0.5, 0.6) is 0 Å². The Morgan fingerprint density at radius 2 is 1.10 bits per heavy atom. The Morgan fingerprint density at radius 3 is 1.60 bits per heavy atom. The fourth-order valence-corrected chi connectivity index (χ4v) is 25.1. The maximum Gasteiger partial charge on any atom is -1.00 e. The van der Waals surface area contributed by atoms with Crippen molar-refractivity contribution in [2.24, 2.45) is 43.8 Å². The van der Waals surface area contributed by atoms with Crippen molar-refractivity contribution in [2.75, 3.05) is 0 Å². The molecule has 0 bridgehead atoms. The molecule has 0 heterocycles. The standard InChI is InChI=1S/C29H37.C13H8I2.C5H5.2ClH.Zr/c1-21-14-13-15-22-20-27(6)25(4)18-10-9-16-23(25,2)24(3)17-11-12-19-26(24,5)29(27,8)28(21,22)7;14-12-5-1-10(2-6-12)9-11-3-7-13(15)8-4-11;1-2-4-5-3-1;;;/h9-20,22H,1-8H3;1-8H;1-3H,4H2;2*1H;/q;;;;;+2/p-2. The molecular weight excluding hydrogens is 980 g/mol. The van der Waals surface area contributed by atoms with Crippen molar-refractivity contribution in [1.82, 2.24) is 0 Å². The molecule has 5 heteroatoms. The van der Waals surface area contributed by atoms with E-state index in [1.165, 1.54) is 18.3 Å². The molecule has 270 valence electrons. The number of hydrogen-bond acceptors (Lipinski definition) is 0. The first-order valence-electron chi connectivity index (χ1n) is 18.4. The van der Waals surface area contributed by atoms with Gasteiger partial charge >= 0.3 is 340 Å². The molecule has 0 radical (unpaired) electrons. The Hall–Kier alpha value is -0.847. The minimum atomic E-state index is -2.94. The van der Waals surface area contributed by atoms with E-state index in [1.807, 2.05) is 0 Å². The third-order valence-corrected chi connectivity index (χ3v) is 27.1. The van der Waals surface area contributed by atoms with Gasteiger partial charge in [-0.3, -0.25) is 0 Å². The van der Waals surface area contributed by atoms with Crippen molar-refractivity contribution < 1.29 is 46.1 Å². The summed E-state index contributed by atoms with van der Waals surface area (Å²) in [4.78, 5) is 0. The van der Waals surface area contributed by atoms with E-state index in [1.54, 1.807) is 12.1 Å². The first-order valence-corrected chi connectivity index (χ1v) is 24.4. The largest absolute Gasteiger partial charge is 1.00 e. The van der Waals surface area contributed by atoms with Gasteiger partial charge in [-0.15, -0.1) is 0 Å². The van der Waals surface area contributed by atoms with Gasteiger partial charge in [0.25, 0.3) is 0 Å². The fraction of sp³-hybridized carbons (Fsp3) is 0.383. The zero-order chi connectivity index (χ0) is 35.5. The number of fused-ring (bicyclic) bond motifs is 8. The first kappa shape index (κ1) is 40.8. The maximum atomic E-state index is 2.81. The van der Waals surface area contributed by atoms with Crippen LogP contribution in [-0.2, 0) is 21.3 Å². The Morgan fingerprint density at radius 1 is 0.615 bits per heavy atom. The van der Waals surface area contributed by atoms with Gasteiger partial charge in [0.2, 0.25) is 0 Å². The Balaban J connectivity index is 0.00000232. The minimum Gasteiger partial charge on any atom is -1.00 e. The quantitative estimate of drug-likeness (QED) is 0.285. The Kier molecular flexibility index (Phi) is 10.7. The van der Waals surface area contributed by atoms with E-state index in [9.17, 15) is 0 Å². The summed E-state index contributed by atoms with van der Waals surface area (Å²) < 4.78 is 6.51. The summed E-state index contributed by atoms with van der Waals surface area (Å²) >= 11 is 2.01. The topological polar surface area (TPSA) is 0 Å². The summed E-state index contributed by atoms with van der Waals surface area (Å²) in [7, 11) is 0. The van der Waals surface area contributed by atoms with Crippen LogP contribution in [0.25, 0.3) is 0 Å². The third-order valence-electron chi connectivity index (χ3n) is 16.5. The molecule has 2 fully saturated rings. The zero-order valence-electron chi connectivity index (χ0n) is 31.6. The molecular formula is C47H50Cl2I2Zr. The molecule has 0 nitrogen and oxygen atoms in total. The molecule has 0 N–H and O–H groups in total. The van der Waals surface area contributed by atoms with Gasteiger partial charge in [-0.2, -0.15) is 0 Å². The third kappa shape index (κ3) is 4.73. The molecule has 9 unspecified atom stereocenters.